The highest BCUT2D eigenvalue weighted by Crippen LogP contribution is 2.22. The topological polar surface area (TPSA) is 67.4 Å². The minimum atomic E-state index is -3.52. The van der Waals surface area contributed by atoms with Crippen LogP contribution in [-0.4, -0.2) is 40.8 Å². The predicted octanol–water partition coefficient (Wildman–Crippen LogP) is 1.80. The Balaban J connectivity index is 2.11. The summed E-state index contributed by atoms with van der Waals surface area (Å²) < 4.78 is 33.5. The molecule has 118 valence electrons. The number of rotatable bonds is 6. The van der Waals surface area contributed by atoms with Gasteiger partial charge in [0.25, 0.3) is 0 Å². The molecular formula is C14H21BrN2O3S. The van der Waals surface area contributed by atoms with Crippen molar-refractivity contribution in [3.63, 3.8) is 0 Å². The Hall–Kier alpha value is -0.470. The van der Waals surface area contributed by atoms with Gasteiger partial charge in [0.15, 0.2) is 0 Å². The van der Waals surface area contributed by atoms with Crippen LogP contribution < -0.4 is 10.0 Å². The van der Waals surface area contributed by atoms with Crippen LogP contribution in [0.2, 0.25) is 0 Å². The van der Waals surface area contributed by atoms with Crippen molar-refractivity contribution in [1.29, 1.82) is 0 Å². The quantitative estimate of drug-likeness (QED) is 0.794. The van der Waals surface area contributed by atoms with Gasteiger partial charge in [-0.3, -0.25) is 0 Å². The molecule has 0 bridgehead atoms. The van der Waals surface area contributed by atoms with Gasteiger partial charge in [0.2, 0.25) is 10.0 Å². The summed E-state index contributed by atoms with van der Waals surface area (Å²) in [7, 11) is -1.89. The Morgan fingerprint density at radius 2 is 2.24 bits per heavy atom. The van der Waals surface area contributed by atoms with Crippen LogP contribution in [0.3, 0.4) is 0 Å². The van der Waals surface area contributed by atoms with Gasteiger partial charge in [-0.25, -0.2) is 13.1 Å². The summed E-state index contributed by atoms with van der Waals surface area (Å²) in [5.41, 5.74) is 0.700. The highest BCUT2D eigenvalue weighted by Gasteiger charge is 2.34. The van der Waals surface area contributed by atoms with Crippen LogP contribution in [0, 0.1) is 6.92 Å². The average molecular weight is 377 g/mol. The minimum Gasteiger partial charge on any atom is -0.383 e. The third-order valence-electron chi connectivity index (χ3n) is 3.81. The predicted molar refractivity (Wildman–Crippen MR) is 85.9 cm³/mol. The van der Waals surface area contributed by atoms with E-state index in [0.29, 0.717) is 13.2 Å². The van der Waals surface area contributed by atoms with Crippen molar-refractivity contribution < 1.29 is 13.2 Å². The standard InChI is InChI=1S/C14H21BrN2O3S/c1-11-4-5-12(8-13(11)15)21(18,19)17-9-14(10-20-2)6-3-7-16-14/h4-5,8,16-17H,3,6-7,9-10H2,1-2H3. The second-order valence-corrected chi connectivity index (χ2v) is 8.10. The molecule has 1 aromatic rings. The average Bonchev–Trinajstić information content (AvgIpc) is 2.89. The number of benzene rings is 1. The van der Waals surface area contributed by atoms with Gasteiger partial charge in [0.1, 0.15) is 0 Å². The normalized spacial score (nSPS) is 22.6. The summed E-state index contributed by atoms with van der Waals surface area (Å²) in [6.07, 6.45) is 1.93. The maximum atomic E-state index is 12.4. The smallest absolute Gasteiger partial charge is 0.240 e. The fraction of sp³-hybridized carbons (Fsp3) is 0.571. The first-order valence-electron chi connectivity index (χ1n) is 6.88. The van der Waals surface area contributed by atoms with Crippen LogP contribution in [-0.2, 0) is 14.8 Å². The third kappa shape index (κ3) is 4.04. The number of hydrogen-bond donors (Lipinski definition) is 2. The molecule has 1 saturated heterocycles. The molecule has 0 amide bonds. The molecule has 1 unspecified atom stereocenters. The van der Waals surface area contributed by atoms with Gasteiger partial charge >= 0.3 is 0 Å². The first kappa shape index (κ1) is 16.9. The molecule has 1 heterocycles. The number of aryl methyl sites for hydroxylation is 1. The van der Waals surface area contributed by atoms with E-state index in [1.165, 1.54) is 0 Å². The van der Waals surface area contributed by atoms with E-state index in [0.717, 1.165) is 29.4 Å². The number of hydrogen-bond acceptors (Lipinski definition) is 4. The minimum absolute atomic E-state index is 0.269. The van der Waals surface area contributed by atoms with E-state index in [1.54, 1.807) is 25.3 Å². The van der Waals surface area contributed by atoms with Gasteiger partial charge < -0.3 is 10.1 Å². The molecular weight excluding hydrogens is 356 g/mol. The van der Waals surface area contributed by atoms with Gasteiger partial charge in [0, 0.05) is 18.1 Å². The lowest BCUT2D eigenvalue weighted by molar-refractivity contribution is 0.122. The van der Waals surface area contributed by atoms with Crippen molar-refractivity contribution >= 4 is 26.0 Å². The molecule has 1 fully saturated rings. The molecule has 0 radical (unpaired) electrons. The van der Waals surface area contributed by atoms with Gasteiger partial charge in [-0.05, 0) is 44.0 Å². The van der Waals surface area contributed by atoms with Crippen molar-refractivity contribution in [3.05, 3.63) is 28.2 Å². The van der Waals surface area contributed by atoms with E-state index in [2.05, 4.69) is 26.0 Å². The number of methoxy groups -OCH3 is 1. The Morgan fingerprint density at radius 1 is 1.48 bits per heavy atom. The Labute approximate surface area is 134 Å². The van der Waals surface area contributed by atoms with Crippen LogP contribution >= 0.6 is 15.9 Å². The monoisotopic (exact) mass is 376 g/mol. The van der Waals surface area contributed by atoms with Gasteiger partial charge in [-0.15, -0.1) is 0 Å². The van der Waals surface area contributed by atoms with Crippen molar-refractivity contribution in [2.45, 2.75) is 30.2 Å². The lowest BCUT2D eigenvalue weighted by atomic mass is 9.99. The second kappa shape index (κ2) is 6.75. The first-order chi connectivity index (χ1) is 9.88. The number of ether oxygens (including phenoxy) is 1. The molecule has 7 heteroatoms. The Kier molecular flexibility index (Phi) is 5.43. The number of halogens is 1. The molecule has 2 N–H and O–H groups in total. The van der Waals surface area contributed by atoms with Gasteiger partial charge in [0.05, 0.1) is 17.0 Å². The molecule has 5 nitrogen and oxygen atoms in total. The molecule has 1 aromatic carbocycles. The van der Waals surface area contributed by atoms with Crippen LogP contribution in [0.15, 0.2) is 27.6 Å². The van der Waals surface area contributed by atoms with E-state index in [9.17, 15) is 8.42 Å². The Morgan fingerprint density at radius 3 is 2.81 bits per heavy atom. The van der Waals surface area contributed by atoms with E-state index < -0.39 is 10.0 Å². The number of sulfonamides is 1. The second-order valence-electron chi connectivity index (χ2n) is 5.48. The summed E-state index contributed by atoms with van der Waals surface area (Å²) >= 11 is 3.37. The maximum absolute atomic E-state index is 12.4. The molecule has 2 rings (SSSR count). The van der Waals surface area contributed by atoms with Crippen LogP contribution in [0.5, 0.6) is 0 Å². The maximum Gasteiger partial charge on any atom is 0.240 e. The highest BCUT2D eigenvalue weighted by atomic mass is 79.9. The van der Waals surface area contributed by atoms with Crippen molar-refractivity contribution in [1.82, 2.24) is 10.0 Å². The van der Waals surface area contributed by atoms with Crippen LogP contribution in [0.25, 0.3) is 0 Å². The van der Waals surface area contributed by atoms with E-state index in [4.69, 9.17) is 4.74 Å². The molecule has 0 saturated carbocycles. The highest BCUT2D eigenvalue weighted by molar-refractivity contribution is 9.10. The molecule has 1 aliphatic rings. The first-order valence-corrected chi connectivity index (χ1v) is 9.16. The van der Waals surface area contributed by atoms with E-state index in [1.807, 2.05) is 6.92 Å². The van der Waals surface area contributed by atoms with E-state index in [-0.39, 0.29) is 10.4 Å². The third-order valence-corrected chi connectivity index (χ3v) is 6.06. The van der Waals surface area contributed by atoms with Crippen molar-refractivity contribution in [3.8, 4) is 0 Å². The molecule has 0 aromatic heterocycles. The molecule has 1 aliphatic heterocycles. The summed E-state index contributed by atoms with van der Waals surface area (Å²) in [5.74, 6) is 0. The van der Waals surface area contributed by atoms with Gasteiger partial charge in [-0.1, -0.05) is 22.0 Å². The summed E-state index contributed by atoms with van der Waals surface area (Å²) in [6, 6.07) is 5.04. The SMILES string of the molecule is COCC1(CNS(=O)(=O)c2ccc(C)c(Br)c2)CCCN1. The molecule has 1 atom stereocenters. The fourth-order valence-electron chi connectivity index (χ4n) is 2.53. The lowest BCUT2D eigenvalue weighted by Crippen LogP contribution is -2.52. The summed E-state index contributed by atoms with van der Waals surface area (Å²) in [6.45, 7) is 3.63. The zero-order chi connectivity index (χ0) is 15.5. The van der Waals surface area contributed by atoms with Gasteiger partial charge in [-0.2, -0.15) is 0 Å². The zero-order valence-corrected chi connectivity index (χ0v) is 14.7. The zero-order valence-electron chi connectivity index (χ0n) is 12.3. The van der Waals surface area contributed by atoms with Crippen molar-refractivity contribution in [2.24, 2.45) is 0 Å². The van der Waals surface area contributed by atoms with Crippen LogP contribution in [0.1, 0.15) is 18.4 Å². The van der Waals surface area contributed by atoms with Crippen LogP contribution in [0.4, 0.5) is 0 Å². The van der Waals surface area contributed by atoms with E-state index >= 15 is 0 Å². The van der Waals surface area contributed by atoms with Crippen molar-refractivity contribution in [2.75, 3.05) is 26.8 Å². The number of nitrogens with one attached hydrogen (secondary N) is 2. The molecule has 0 spiro atoms. The lowest BCUT2D eigenvalue weighted by Gasteiger charge is -2.28. The summed E-state index contributed by atoms with van der Waals surface area (Å²) in [5, 5.41) is 3.35. The fourth-order valence-corrected chi connectivity index (χ4v) is 4.21. The Bertz CT molecular complexity index is 598. The molecule has 0 aliphatic carbocycles. The summed E-state index contributed by atoms with van der Waals surface area (Å²) in [4.78, 5) is 0.269. The molecule has 21 heavy (non-hydrogen) atoms. The largest absolute Gasteiger partial charge is 0.383 e.